The van der Waals surface area contributed by atoms with Crippen molar-refractivity contribution in [2.24, 2.45) is 0 Å². The molecule has 0 amide bonds. The number of benzene rings is 4. The highest BCUT2D eigenvalue weighted by molar-refractivity contribution is 5.89. The third-order valence-electron chi connectivity index (χ3n) is 6.29. The molecule has 35 heavy (non-hydrogen) atoms. The van der Waals surface area contributed by atoms with Crippen molar-refractivity contribution >= 4 is 6.29 Å². The molecule has 0 aliphatic rings. The standard InChI is InChI=1S/C30H23FN2O2/c1-35-28-18-17-26(31)25(20-34)29(28)27-19-33(21-32-27)30(22-11-5-2-6-12-22,23-13-7-3-8-14-23)24-15-9-4-10-16-24/h2-21H,1H3. The molecule has 0 fully saturated rings. The molecule has 4 aromatic carbocycles. The van der Waals surface area contributed by atoms with E-state index in [1.54, 1.807) is 6.33 Å². The number of hydrogen-bond donors (Lipinski definition) is 0. The predicted octanol–water partition coefficient (Wildman–Crippen LogP) is 6.35. The van der Waals surface area contributed by atoms with E-state index in [0.29, 0.717) is 23.3 Å². The van der Waals surface area contributed by atoms with E-state index in [1.807, 2.05) is 65.4 Å². The van der Waals surface area contributed by atoms with Crippen molar-refractivity contribution in [1.29, 1.82) is 0 Å². The summed E-state index contributed by atoms with van der Waals surface area (Å²) >= 11 is 0. The van der Waals surface area contributed by atoms with Crippen molar-refractivity contribution in [2.75, 3.05) is 7.11 Å². The molecule has 4 nitrogen and oxygen atoms in total. The van der Waals surface area contributed by atoms with Crippen LogP contribution in [-0.2, 0) is 5.54 Å². The minimum absolute atomic E-state index is 0.0840. The molecule has 0 N–H and O–H groups in total. The van der Waals surface area contributed by atoms with Crippen molar-refractivity contribution in [3.63, 3.8) is 0 Å². The van der Waals surface area contributed by atoms with Gasteiger partial charge in [-0.15, -0.1) is 0 Å². The zero-order valence-electron chi connectivity index (χ0n) is 19.1. The Labute approximate surface area is 203 Å². The number of carbonyl (C=O) groups is 1. The number of carbonyl (C=O) groups excluding carboxylic acids is 1. The second kappa shape index (κ2) is 9.39. The number of aromatic nitrogens is 2. The highest BCUT2D eigenvalue weighted by atomic mass is 19.1. The van der Waals surface area contributed by atoms with Crippen LogP contribution in [0.25, 0.3) is 11.3 Å². The molecule has 5 aromatic rings. The van der Waals surface area contributed by atoms with E-state index in [0.717, 1.165) is 16.7 Å². The maximum absolute atomic E-state index is 14.6. The third-order valence-corrected chi connectivity index (χ3v) is 6.29. The molecule has 0 aliphatic heterocycles. The summed E-state index contributed by atoms with van der Waals surface area (Å²) < 4.78 is 22.1. The van der Waals surface area contributed by atoms with Gasteiger partial charge in [-0.3, -0.25) is 4.79 Å². The lowest BCUT2D eigenvalue weighted by atomic mass is 9.77. The molecule has 0 unspecified atom stereocenters. The Morgan fingerprint density at radius 2 is 1.31 bits per heavy atom. The van der Waals surface area contributed by atoms with E-state index in [9.17, 15) is 9.18 Å². The van der Waals surface area contributed by atoms with E-state index < -0.39 is 11.4 Å². The van der Waals surface area contributed by atoms with Gasteiger partial charge >= 0.3 is 0 Å². The van der Waals surface area contributed by atoms with Gasteiger partial charge in [-0.25, -0.2) is 9.37 Å². The van der Waals surface area contributed by atoms with Gasteiger partial charge in [-0.1, -0.05) is 91.0 Å². The first-order valence-electron chi connectivity index (χ1n) is 11.2. The molecular weight excluding hydrogens is 439 g/mol. The number of imidazole rings is 1. The molecular formula is C30H23FN2O2. The first-order valence-corrected chi connectivity index (χ1v) is 11.2. The molecule has 0 bridgehead atoms. The summed E-state index contributed by atoms with van der Waals surface area (Å²) in [7, 11) is 1.49. The van der Waals surface area contributed by atoms with Gasteiger partial charge < -0.3 is 9.30 Å². The van der Waals surface area contributed by atoms with Gasteiger partial charge in [-0.05, 0) is 28.8 Å². The fraction of sp³-hybridized carbons (Fsp3) is 0.0667. The molecule has 1 aromatic heterocycles. The lowest BCUT2D eigenvalue weighted by Crippen LogP contribution is -2.36. The molecule has 0 radical (unpaired) electrons. The van der Waals surface area contributed by atoms with E-state index in [-0.39, 0.29) is 5.56 Å². The average Bonchev–Trinajstić information content (AvgIpc) is 3.41. The first kappa shape index (κ1) is 22.3. The van der Waals surface area contributed by atoms with Crippen molar-refractivity contribution in [2.45, 2.75) is 5.54 Å². The van der Waals surface area contributed by atoms with Crippen LogP contribution in [0.5, 0.6) is 5.75 Å². The molecule has 1 heterocycles. The predicted molar refractivity (Wildman–Crippen MR) is 134 cm³/mol. The lowest BCUT2D eigenvalue weighted by molar-refractivity contribution is 0.112. The molecule has 0 aliphatic carbocycles. The number of nitrogens with zero attached hydrogens (tertiary/aromatic N) is 2. The van der Waals surface area contributed by atoms with Gasteiger partial charge in [0.15, 0.2) is 6.29 Å². The Balaban J connectivity index is 1.84. The van der Waals surface area contributed by atoms with Crippen molar-refractivity contribution < 1.29 is 13.9 Å². The van der Waals surface area contributed by atoms with Gasteiger partial charge in [0.25, 0.3) is 0 Å². The van der Waals surface area contributed by atoms with Crippen LogP contribution >= 0.6 is 0 Å². The van der Waals surface area contributed by atoms with Crippen LogP contribution in [0.4, 0.5) is 4.39 Å². The van der Waals surface area contributed by atoms with Gasteiger partial charge in [-0.2, -0.15) is 0 Å². The van der Waals surface area contributed by atoms with Crippen LogP contribution in [0.1, 0.15) is 27.0 Å². The molecule has 0 saturated carbocycles. The van der Waals surface area contributed by atoms with Crippen LogP contribution in [-0.4, -0.2) is 22.9 Å². The summed E-state index contributed by atoms with van der Waals surface area (Å²) in [5.41, 5.74) is 3.01. The molecule has 0 spiro atoms. The van der Waals surface area contributed by atoms with Crippen LogP contribution < -0.4 is 4.74 Å². The van der Waals surface area contributed by atoms with Crippen molar-refractivity contribution in [3.8, 4) is 17.0 Å². The van der Waals surface area contributed by atoms with E-state index >= 15 is 0 Å². The summed E-state index contributed by atoms with van der Waals surface area (Å²) in [6, 6.07) is 33.2. The van der Waals surface area contributed by atoms with Gasteiger partial charge in [0.2, 0.25) is 0 Å². The summed E-state index contributed by atoms with van der Waals surface area (Å²) in [5, 5.41) is 0. The number of aldehydes is 1. The minimum Gasteiger partial charge on any atom is -0.496 e. The highest BCUT2D eigenvalue weighted by Gasteiger charge is 2.38. The summed E-state index contributed by atoms with van der Waals surface area (Å²) in [4.78, 5) is 16.5. The van der Waals surface area contributed by atoms with Crippen LogP contribution in [0, 0.1) is 5.82 Å². The SMILES string of the molecule is COc1ccc(F)c(C=O)c1-c1cn(C(c2ccccc2)(c2ccccc2)c2ccccc2)cn1. The van der Waals surface area contributed by atoms with E-state index in [1.165, 1.54) is 19.2 Å². The molecule has 0 atom stereocenters. The second-order valence-corrected chi connectivity index (χ2v) is 8.13. The average molecular weight is 463 g/mol. The van der Waals surface area contributed by atoms with Gasteiger partial charge in [0.1, 0.15) is 17.1 Å². The first-order chi connectivity index (χ1) is 17.2. The molecule has 5 rings (SSSR count). The van der Waals surface area contributed by atoms with Crippen LogP contribution in [0.15, 0.2) is 116 Å². The Morgan fingerprint density at radius 3 is 1.77 bits per heavy atom. The fourth-order valence-corrected chi connectivity index (χ4v) is 4.74. The Morgan fingerprint density at radius 1 is 0.800 bits per heavy atom. The zero-order valence-corrected chi connectivity index (χ0v) is 19.1. The highest BCUT2D eigenvalue weighted by Crippen LogP contribution is 2.42. The van der Waals surface area contributed by atoms with Gasteiger partial charge in [0, 0.05) is 6.20 Å². The monoisotopic (exact) mass is 462 g/mol. The maximum Gasteiger partial charge on any atom is 0.153 e. The second-order valence-electron chi connectivity index (χ2n) is 8.13. The summed E-state index contributed by atoms with van der Waals surface area (Å²) in [6.07, 6.45) is 4.07. The smallest absolute Gasteiger partial charge is 0.153 e. The topological polar surface area (TPSA) is 44.1 Å². The number of ether oxygens (including phenoxy) is 1. The summed E-state index contributed by atoms with van der Waals surface area (Å²) in [5.74, 6) is -0.241. The zero-order chi connectivity index (χ0) is 24.3. The Hall–Kier alpha value is -4.51. The molecule has 0 saturated heterocycles. The van der Waals surface area contributed by atoms with E-state index in [2.05, 4.69) is 41.4 Å². The van der Waals surface area contributed by atoms with Crippen LogP contribution in [0.2, 0.25) is 0 Å². The number of hydrogen-bond acceptors (Lipinski definition) is 3. The minimum atomic E-state index is -0.767. The molecule has 5 heteroatoms. The number of halogens is 1. The fourth-order valence-electron chi connectivity index (χ4n) is 4.74. The van der Waals surface area contributed by atoms with E-state index in [4.69, 9.17) is 4.74 Å². The van der Waals surface area contributed by atoms with Gasteiger partial charge in [0.05, 0.1) is 30.3 Å². The third kappa shape index (κ3) is 3.71. The normalized spacial score (nSPS) is 11.3. The number of methoxy groups -OCH3 is 1. The molecule has 172 valence electrons. The van der Waals surface area contributed by atoms with Crippen LogP contribution in [0.3, 0.4) is 0 Å². The quantitative estimate of drug-likeness (QED) is 0.209. The summed E-state index contributed by atoms with van der Waals surface area (Å²) in [6.45, 7) is 0. The van der Waals surface area contributed by atoms with Crippen molar-refractivity contribution in [1.82, 2.24) is 9.55 Å². The Bertz CT molecular complexity index is 1350. The van der Waals surface area contributed by atoms with Crippen molar-refractivity contribution in [3.05, 3.63) is 144 Å². The lowest BCUT2D eigenvalue weighted by Gasteiger charge is -2.37. The maximum atomic E-state index is 14.6. The number of rotatable bonds is 7. The Kier molecular flexibility index (Phi) is 5.98. The largest absolute Gasteiger partial charge is 0.496 e.